The van der Waals surface area contributed by atoms with E-state index in [1.807, 2.05) is 6.92 Å². The highest BCUT2D eigenvalue weighted by Gasteiger charge is 2.21. The number of benzene rings is 2. The van der Waals surface area contributed by atoms with Gasteiger partial charge in [0.15, 0.2) is 0 Å². The molecular formula is C19H22F2N2O3S. The first-order valence-electron chi connectivity index (χ1n) is 8.33. The van der Waals surface area contributed by atoms with Gasteiger partial charge in [0, 0.05) is 26.1 Å². The molecule has 146 valence electrons. The van der Waals surface area contributed by atoms with Crippen LogP contribution in [-0.2, 0) is 14.8 Å². The van der Waals surface area contributed by atoms with Gasteiger partial charge >= 0.3 is 0 Å². The van der Waals surface area contributed by atoms with Gasteiger partial charge in [0.1, 0.15) is 11.6 Å². The van der Waals surface area contributed by atoms with Crippen LogP contribution in [0.5, 0.6) is 0 Å². The fourth-order valence-electron chi connectivity index (χ4n) is 3.10. The molecule has 2 aromatic carbocycles. The molecule has 0 saturated heterocycles. The van der Waals surface area contributed by atoms with Crippen LogP contribution in [0.25, 0.3) is 0 Å². The summed E-state index contributed by atoms with van der Waals surface area (Å²) in [6.45, 7) is 6.32. The molecule has 0 heterocycles. The number of amides is 1. The molecule has 1 N–H and O–H groups in total. The second-order valence-electron chi connectivity index (χ2n) is 6.39. The van der Waals surface area contributed by atoms with Gasteiger partial charge in [0.2, 0.25) is 15.9 Å². The lowest BCUT2D eigenvalue weighted by Crippen LogP contribution is -2.38. The summed E-state index contributed by atoms with van der Waals surface area (Å²) in [5.74, 6) is -2.13. The van der Waals surface area contributed by atoms with Crippen LogP contribution in [0.3, 0.4) is 0 Å². The molecule has 0 aliphatic heterocycles. The highest BCUT2D eigenvalue weighted by Crippen LogP contribution is 2.22. The molecule has 5 nitrogen and oxygen atoms in total. The van der Waals surface area contributed by atoms with Crippen molar-refractivity contribution in [3.63, 3.8) is 0 Å². The lowest BCUT2D eigenvalue weighted by Gasteiger charge is -2.22. The van der Waals surface area contributed by atoms with E-state index in [-0.39, 0.29) is 23.7 Å². The molecule has 0 saturated carbocycles. The minimum absolute atomic E-state index is 0.0962. The van der Waals surface area contributed by atoms with Crippen molar-refractivity contribution in [3.8, 4) is 0 Å². The van der Waals surface area contributed by atoms with Gasteiger partial charge in [-0.3, -0.25) is 4.79 Å². The summed E-state index contributed by atoms with van der Waals surface area (Å²) in [5.41, 5.74) is 2.09. The minimum Gasteiger partial charge on any atom is -0.309 e. The normalized spacial score (nSPS) is 11.5. The summed E-state index contributed by atoms with van der Waals surface area (Å²) < 4.78 is 54.8. The van der Waals surface area contributed by atoms with Crippen molar-refractivity contribution in [1.29, 1.82) is 0 Å². The Bertz CT molecular complexity index is 952. The second kappa shape index (κ2) is 8.14. The van der Waals surface area contributed by atoms with Crippen LogP contribution in [0.1, 0.15) is 23.6 Å². The third-order valence-electron chi connectivity index (χ3n) is 4.08. The molecule has 2 aromatic rings. The summed E-state index contributed by atoms with van der Waals surface area (Å²) >= 11 is 0. The van der Waals surface area contributed by atoms with Gasteiger partial charge in [-0.25, -0.2) is 21.9 Å². The quantitative estimate of drug-likeness (QED) is 0.815. The van der Waals surface area contributed by atoms with E-state index in [9.17, 15) is 22.0 Å². The minimum atomic E-state index is -3.80. The smallest absolute Gasteiger partial charge is 0.241 e. The summed E-state index contributed by atoms with van der Waals surface area (Å²) in [5, 5.41) is 0. The maximum Gasteiger partial charge on any atom is 0.241 e. The average Bonchev–Trinajstić information content (AvgIpc) is 2.50. The Hall–Kier alpha value is -2.32. The molecule has 0 unspecified atom stereocenters. The van der Waals surface area contributed by atoms with Gasteiger partial charge in [-0.1, -0.05) is 17.7 Å². The van der Waals surface area contributed by atoms with Crippen molar-refractivity contribution in [2.75, 3.05) is 18.0 Å². The molecule has 2 rings (SSSR count). The molecule has 0 aromatic heterocycles. The zero-order valence-electron chi connectivity index (χ0n) is 15.6. The number of rotatable bonds is 6. The van der Waals surface area contributed by atoms with Crippen molar-refractivity contribution < 1.29 is 22.0 Å². The number of hydrogen-bond donors (Lipinski definition) is 1. The number of anilines is 1. The molecule has 1 amide bonds. The van der Waals surface area contributed by atoms with Gasteiger partial charge in [0.25, 0.3) is 0 Å². The molecule has 0 radical (unpaired) electrons. The van der Waals surface area contributed by atoms with E-state index in [4.69, 9.17) is 0 Å². The molecule has 0 aliphatic rings. The third kappa shape index (κ3) is 4.90. The SMILES string of the molecule is CC(=O)N(CCNS(=O)(=O)c1c(C)cc(C)cc1C)c1ccc(F)cc1F. The van der Waals surface area contributed by atoms with Crippen LogP contribution in [0.4, 0.5) is 14.5 Å². The molecule has 0 atom stereocenters. The molecule has 0 fully saturated rings. The number of sulfonamides is 1. The van der Waals surface area contributed by atoms with Crippen molar-refractivity contribution in [3.05, 3.63) is 58.7 Å². The Labute approximate surface area is 158 Å². The number of aryl methyl sites for hydroxylation is 3. The largest absolute Gasteiger partial charge is 0.309 e. The highest BCUT2D eigenvalue weighted by molar-refractivity contribution is 7.89. The van der Waals surface area contributed by atoms with Crippen molar-refractivity contribution in [2.24, 2.45) is 0 Å². The van der Waals surface area contributed by atoms with Gasteiger partial charge < -0.3 is 4.90 Å². The fourth-order valence-corrected chi connectivity index (χ4v) is 4.57. The Kier molecular flexibility index (Phi) is 6.33. The van der Waals surface area contributed by atoms with Crippen LogP contribution >= 0.6 is 0 Å². The van der Waals surface area contributed by atoms with E-state index in [0.717, 1.165) is 22.6 Å². The molecular weight excluding hydrogens is 374 g/mol. The maximum atomic E-state index is 14.0. The number of carbonyl (C=O) groups excluding carboxylic acids is 1. The van der Waals surface area contributed by atoms with Crippen LogP contribution < -0.4 is 9.62 Å². The van der Waals surface area contributed by atoms with Gasteiger partial charge in [-0.15, -0.1) is 0 Å². The summed E-state index contributed by atoms with van der Waals surface area (Å²) in [7, 11) is -3.80. The lowest BCUT2D eigenvalue weighted by molar-refractivity contribution is -0.116. The first-order chi connectivity index (χ1) is 12.5. The van der Waals surface area contributed by atoms with Crippen LogP contribution in [0, 0.1) is 32.4 Å². The maximum absolute atomic E-state index is 14.0. The van der Waals surface area contributed by atoms with Crippen molar-refractivity contribution in [1.82, 2.24) is 4.72 Å². The number of halogens is 2. The summed E-state index contributed by atoms with van der Waals surface area (Å²) in [6, 6.07) is 6.41. The molecule has 0 spiro atoms. The van der Waals surface area contributed by atoms with Crippen molar-refractivity contribution in [2.45, 2.75) is 32.6 Å². The van der Waals surface area contributed by atoms with E-state index in [1.165, 1.54) is 6.92 Å². The zero-order valence-corrected chi connectivity index (χ0v) is 16.5. The van der Waals surface area contributed by atoms with E-state index >= 15 is 0 Å². The first kappa shape index (κ1) is 21.0. The van der Waals surface area contributed by atoms with E-state index in [2.05, 4.69) is 4.72 Å². The topological polar surface area (TPSA) is 66.5 Å². The average molecular weight is 396 g/mol. The van der Waals surface area contributed by atoms with Gasteiger partial charge in [0.05, 0.1) is 10.6 Å². The Morgan fingerprint density at radius 3 is 2.19 bits per heavy atom. The van der Waals surface area contributed by atoms with E-state index in [1.54, 1.807) is 26.0 Å². The Morgan fingerprint density at radius 2 is 1.67 bits per heavy atom. The number of hydrogen-bond acceptors (Lipinski definition) is 3. The highest BCUT2D eigenvalue weighted by atomic mass is 32.2. The van der Waals surface area contributed by atoms with Crippen LogP contribution in [-0.4, -0.2) is 27.4 Å². The number of carbonyl (C=O) groups is 1. The molecule has 0 aliphatic carbocycles. The molecule has 8 heteroatoms. The first-order valence-corrected chi connectivity index (χ1v) is 9.82. The second-order valence-corrected chi connectivity index (χ2v) is 8.10. The number of nitrogens with one attached hydrogen (secondary N) is 1. The molecule has 27 heavy (non-hydrogen) atoms. The van der Waals surface area contributed by atoms with Crippen molar-refractivity contribution >= 4 is 21.6 Å². The fraction of sp³-hybridized carbons (Fsp3) is 0.316. The summed E-state index contributed by atoms with van der Waals surface area (Å²) in [4.78, 5) is 13.1. The van der Waals surface area contributed by atoms with Gasteiger partial charge in [-0.05, 0) is 44.0 Å². The van der Waals surface area contributed by atoms with Crippen LogP contribution in [0.2, 0.25) is 0 Å². The van der Waals surface area contributed by atoms with E-state index < -0.39 is 27.6 Å². The van der Waals surface area contributed by atoms with E-state index in [0.29, 0.717) is 17.2 Å². The standard InChI is InChI=1S/C19H22F2N2O3S/c1-12-9-13(2)19(14(3)10-12)27(25,26)22-7-8-23(15(4)24)18-6-5-16(20)11-17(18)21/h5-6,9-11,22H,7-8H2,1-4H3. The summed E-state index contributed by atoms with van der Waals surface area (Å²) in [6.07, 6.45) is 0. The van der Waals surface area contributed by atoms with Crippen LogP contribution in [0.15, 0.2) is 35.2 Å². The van der Waals surface area contributed by atoms with Gasteiger partial charge in [-0.2, -0.15) is 0 Å². The number of nitrogens with zero attached hydrogens (tertiary/aromatic N) is 1. The third-order valence-corrected chi connectivity index (χ3v) is 5.85. The zero-order chi connectivity index (χ0) is 20.4. The Balaban J connectivity index is 2.18. The Morgan fingerprint density at radius 1 is 1.07 bits per heavy atom. The predicted molar refractivity (Wildman–Crippen MR) is 100 cm³/mol. The lowest BCUT2D eigenvalue weighted by atomic mass is 10.1. The molecule has 0 bridgehead atoms. The monoisotopic (exact) mass is 396 g/mol. The predicted octanol–water partition coefficient (Wildman–Crippen LogP) is 3.22.